The third kappa shape index (κ3) is 4.95. The second-order valence-corrected chi connectivity index (χ2v) is 9.32. The molecule has 2 heterocycles. The Hall–Kier alpha value is -3.15. The Morgan fingerprint density at radius 1 is 1.18 bits per heavy atom. The van der Waals surface area contributed by atoms with Crippen molar-refractivity contribution in [2.24, 2.45) is 0 Å². The molecule has 33 heavy (non-hydrogen) atoms. The molecular formula is C21H21ClN4O6S. The van der Waals surface area contributed by atoms with E-state index in [1.54, 1.807) is 36.1 Å². The summed E-state index contributed by atoms with van der Waals surface area (Å²) in [5.41, 5.74) is 1.18. The summed E-state index contributed by atoms with van der Waals surface area (Å²) in [5.74, 6) is -0.0224. The van der Waals surface area contributed by atoms with Crippen molar-refractivity contribution in [3.63, 3.8) is 0 Å². The third-order valence-corrected chi connectivity index (χ3v) is 6.87. The highest BCUT2D eigenvalue weighted by Gasteiger charge is 2.25. The summed E-state index contributed by atoms with van der Waals surface area (Å²) >= 11 is 6.10. The fraction of sp³-hybridized carbons (Fsp3) is 0.286. The van der Waals surface area contributed by atoms with Gasteiger partial charge in [0.1, 0.15) is 5.75 Å². The molecule has 174 valence electrons. The minimum absolute atomic E-state index is 0.0257. The second kappa shape index (κ2) is 9.38. The van der Waals surface area contributed by atoms with E-state index in [1.807, 2.05) is 0 Å². The lowest BCUT2D eigenvalue weighted by molar-refractivity contribution is 0.0272. The van der Waals surface area contributed by atoms with E-state index in [1.165, 1.54) is 19.2 Å². The fourth-order valence-electron chi connectivity index (χ4n) is 3.30. The first-order valence-electron chi connectivity index (χ1n) is 9.96. The number of amides is 1. The van der Waals surface area contributed by atoms with Gasteiger partial charge < -0.3 is 18.9 Å². The molecule has 0 saturated carbocycles. The Labute approximate surface area is 195 Å². The zero-order valence-corrected chi connectivity index (χ0v) is 19.4. The predicted molar refractivity (Wildman–Crippen MR) is 120 cm³/mol. The number of hydrogen-bond donors (Lipinski definition) is 1. The topological polar surface area (TPSA) is 124 Å². The van der Waals surface area contributed by atoms with Gasteiger partial charge in [0.2, 0.25) is 5.82 Å². The molecule has 1 aliphatic rings. The van der Waals surface area contributed by atoms with Crippen LogP contribution in [0.15, 0.2) is 45.8 Å². The number of morpholine rings is 1. The molecule has 1 aliphatic heterocycles. The Balaban J connectivity index is 1.59. The molecule has 0 aliphatic carbocycles. The van der Waals surface area contributed by atoms with Crippen molar-refractivity contribution in [2.75, 3.05) is 38.1 Å². The van der Waals surface area contributed by atoms with E-state index < -0.39 is 15.9 Å². The first kappa shape index (κ1) is 23.0. The quantitative estimate of drug-likeness (QED) is 0.557. The summed E-state index contributed by atoms with van der Waals surface area (Å²) in [6.07, 6.45) is 0. The molecule has 1 aromatic heterocycles. The maximum Gasteiger partial charge on any atom is 0.316 e. The SMILES string of the molecule is COc1ccc(NS(=O)(=O)c2cc(-c3noc(C(=O)N4CCOCC4)n3)ccc2C)cc1Cl. The Bertz CT molecular complexity index is 1290. The van der Waals surface area contributed by atoms with E-state index in [0.717, 1.165) is 0 Å². The largest absolute Gasteiger partial charge is 0.495 e. The van der Waals surface area contributed by atoms with Gasteiger partial charge in [0, 0.05) is 18.7 Å². The molecule has 0 radical (unpaired) electrons. The van der Waals surface area contributed by atoms with E-state index in [4.69, 9.17) is 25.6 Å². The molecule has 2 aromatic carbocycles. The number of hydrogen-bond acceptors (Lipinski definition) is 8. The fourth-order valence-corrected chi connectivity index (χ4v) is 4.88. The first-order chi connectivity index (χ1) is 15.8. The van der Waals surface area contributed by atoms with Gasteiger partial charge in [0.05, 0.1) is 35.9 Å². The molecule has 1 fully saturated rings. The summed E-state index contributed by atoms with van der Waals surface area (Å²) in [5, 5.41) is 4.13. The lowest BCUT2D eigenvalue weighted by Gasteiger charge is -2.25. The number of rotatable bonds is 6. The minimum atomic E-state index is -3.96. The van der Waals surface area contributed by atoms with E-state index in [0.29, 0.717) is 43.2 Å². The lowest BCUT2D eigenvalue weighted by Crippen LogP contribution is -2.40. The molecule has 12 heteroatoms. The smallest absolute Gasteiger partial charge is 0.316 e. The molecular weight excluding hydrogens is 472 g/mol. The van der Waals surface area contributed by atoms with Crippen molar-refractivity contribution < 1.29 is 27.2 Å². The number of ether oxygens (including phenoxy) is 2. The van der Waals surface area contributed by atoms with Crippen LogP contribution in [0.2, 0.25) is 5.02 Å². The minimum Gasteiger partial charge on any atom is -0.495 e. The van der Waals surface area contributed by atoms with Gasteiger partial charge in [-0.05, 0) is 36.8 Å². The standard InChI is InChI=1S/C21H21ClN4O6S/c1-13-3-4-14(19-23-20(32-24-19)21(27)26-7-9-31-10-8-26)11-18(13)33(28,29)25-15-5-6-17(30-2)16(22)12-15/h3-6,11-12,25H,7-10H2,1-2H3. The zero-order chi connectivity index (χ0) is 23.6. The van der Waals surface area contributed by atoms with Gasteiger partial charge in [0.25, 0.3) is 10.0 Å². The van der Waals surface area contributed by atoms with Crippen LogP contribution in [0, 0.1) is 6.92 Å². The molecule has 0 bridgehead atoms. The number of anilines is 1. The average Bonchev–Trinajstić information content (AvgIpc) is 3.29. The van der Waals surface area contributed by atoms with Crippen LogP contribution in [0.3, 0.4) is 0 Å². The summed E-state index contributed by atoms with van der Waals surface area (Å²) in [4.78, 5) is 18.3. The average molecular weight is 493 g/mol. The first-order valence-corrected chi connectivity index (χ1v) is 11.8. The number of nitrogens with zero attached hydrogens (tertiary/aromatic N) is 3. The summed E-state index contributed by atoms with van der Waals surface area (Å²) in [7, 11) is -2.49. The van der Waals surface area contributed by atoms with Crippen LogP contribution in [0.1, 0.15) is 16.2 Å². The van der Waals surface area contributed by atoms with Crippen molar-refractivity contribution in [2.45, 2.75) is 11.8 Å². The van der Waals surface area contributed by atoms with Crippen molar-refractivity contribution in [3.8, 4) is 17.1 Å². The normalized spacial score (nSPS) is 14.2. The maximum absolute atomic E-state index is 13.1. The van der Waals surface area contributed by atoms with Gasteiger partial charge in [-0.2, -0.15) is 4.98 Å². The van der Waals surface area contributed by atoms with E-state index in [2.05, 4.69) is 14.9 Å². The third-order valence-electron chi connectivity index (χ3n) is 5.05. The number of methoxy groups -OCH3 is 1. The highest BCUT2D eigenvalue weighted by Crippen LogP contribution is 2.30. The molecule has 0 unspecified atom stereocenters. The van der Waals surface area contributed by atoms with Gasteiger partial charge in [-0.1, -0.05) is 28.9 Å². The highest BCUT2D eigenvalue weighted by atomic mass is 35.5. The van der Waals surface area contributed by atoms with Crippen molar-refractivity contribution in [1.29, 1.82) is 0 Å². The molecule has 3 aromatic rings. The highest BCUT2D eigenvalue weighted by molar-refractivity contribution is 7.92. The van der Waals surface area contributed by atoms with Crippen LogP contribution in [-0.4, -0.2) is 62.8 Å². The number of aromatic nitrogens is 2. The predicted octanol–water partition coefficient (Wildman–Crippen LogP) is 2.98. The summed E-state index contributed by atoms with van der Waals surface area (Å²) < 4.78 is 44.1. The number of carbonyl (C=O) groups is 1. The van der Waals surface area contributed by atoms with Crippen LogP contribution in [0.5, 0.6) is 5.75 Å². The Kier molecular flexibility index (Phi) is 6.54. The zero-order valence-electron chi connectivity index (χ0n) is 17.9. The van der Waals surface area contributed by atoms with Crippen LogP contribution < -0.4 is 9.46 Å². The van der Waals surface area contributed by atoms with Gasteiger partial charge in [-0.15, -0.1) is 0 Å². The molecule has 1 saturated heterocycles. The molecule has 1 amide bonds. The van der Waals surface area contributed by atoms with Gasteiger partial charge in [-0.25, -0.2) is 8.42 Å². The van der Waals surface area contributed by atoms with Gasteiger partial charge in [0.15, 0.2) is 0 Å². The van der Waals surface area contributed by atoms with Crippen molar-refractivity contribution >= 4 is 33.2 Å². The van der Waals surface area contributed by atoms with E-state index >= 15 is 0 Å². The maximum atomic E-state index is 13.1. The molecule has 0 atom stereocenters. The number of halogens is 1. The summed E-state index contributed by atoms with van der Waals surface area (Å²) in [6.45, 7) is 3.43. The van der Waals surface area contributed by atoms with Crippen molar-refractivity contribution in [3.05, 3.63) is 52.9 Å². The second-order valence-electron chi connectivity index (χ2n) is 7.26. The Morgan fingerprint density at radius 3 is 2.64 bits per heavy atom. The van der Waals surface area contributed by atoms with Gasteiger partial charge in [-0.3, -0.25) is 9.52 Å². The number of carbonyl (C=O) groups excluding carboxylic acids is 1. The van der Waals surface area contributed by atoms with Crippen molar-refractivity contribution in [1.82, 2.24) is 15.0 Å². The molecule has 4 rings (SSSR count). The van der Waals surface area contributed by atoms with Crippen LogP contribution in [0.4, 0.5) is 5.69 Å². The monoisotopic (exact) mass is 492 g/mol. The molecule has 10 nitrogen and oxygen atoms in total. The Morgan fingerprint density at radius 2 is 1.94 bits per heavy atom. The van der Waals surface area contributed by atoms with Crippen LogP contribution in [0.25, 0.3) is 11.4 Å². The van der Waals surface area contributed by atoms with Crippen LogP contribution in [-0.2, 0) is 14.8 Å². The van der Waals surface area contributed by atoms with Gasteiger partial charge >= 0.3 is 11.8 Å². The number of benzene rings is 2. The van der Waals surface area contributed by atoms with E-state index in [9.17, 15) is 13.2 Å². The number of aryl methyl sites for hydroxylation is 1. The summed E-state index contributed by atoms with van der Waals surface area (Å²) in [6, 6.07) is 9.29. The number of nitrogens with one attached hydrogen (secondary N) is 1. The molecule has 0 spiro atoms. The lowest BCUT2D eigenvalue weighted by atomic mass is 10.1. The molecule has 1 N–H and O–H groups in total. The number of sulfonamides is 1. The van der Waals surface area contributed by atoms with Crippen LogP contribution >= 0.6 is 11.6 Å². The van der Waals surface area contributed by atoms with E-state index in [-0.39, 0.29) is 27.3 Å².